The fraction of sp³-hybridized carbons (Fsp3) is 0. The largest absolute Gasteiger partial charge is 0.421 e. The third-order valence-corrected chi connectivity index (χ3v) is 4.42. The summed E-state index contributed by atoms with van der Waals surface area (Å²) in [6.45, 7) is 0. The van der Waals surface area contributed by atoms with Gasteiger partial charge in [0.1, 0.15) is 5.58 Å². The first-order chi connectivity index (χ1) is 10.8. The summed E-state index contributed by atoms with van der Waals surface area (Å²) in [5.74, 6) is 0. The summed E-state index contributed by atoms with van der Waals surface area (Å²) in [6.07, 6.45) is 1.75. The molecule has 22 heavy (non-hydrogen) atoms. The van der Waals surface area contributed by atoms with Gasteiger partial charge in [-0.1, -0.05) is 42.1 Å². The monoisotopic (exact) mass is 305 g/mol. The molecule has 0 aliphatic heterocycles. The van der Waals surface area contributed by atoms with Gasteiger partial charge in [-0.25, -0.2) is 4.79 Å². The molecule has 0 saturated carbocycles. The van der Waals surface area contributed by atoms with Gasteiger partial charge in [0.2, 0.25) is 0 Å². The van der Waals surface area contributed by atoms with Crippen molar-refractivity contribution in [3.05, 3.63) is 77.3 Å². The molecule has 0 saturated heterocycles. The predicted molar refractivity (Wildman–Crippen MR) is 88.4 cm³/mol. The lowest BCUT2D eigenvalue weighted by molar-refractivity contribution is 0.546. The van der Waals surface area contributed by atoms with Gasteiger partial charge in [0.15, 0.2) is 0 Å². The maximum atomic E-state index is 12.3. The maximum absolute atomic E-state index is 12.3. The van der Waals surface area contributed by atoms with Crippen molar-refractivity contribution >= 4 is 33.6 Å². The van der Waals surface area contributed by atoms with Crippen molar-refractivity contribution in [2.24, 2.45) is 0 Å². The topological polar surface area (TPSA) is 43.1 Å². The number of hydrogen-bond donors (Lipinski definition) is 0. The van der Waals surface area contributed by atoms with Crippen molar-refractivity contribution in [1.82, 2.24) is 4.98 Å². The average molecular weight is 305 g/mol. The van der Waals surface area contributed by atoms with Gasteiger partial charge in [-0.05, 0) is 30.3 Å². The Labute approximate surface area is 130 Å². The molecule has 0 aliphatic carbocycles. The van der Waals surface area contributed by atoms with Crippen molar-refractivity contribution in [3.8, 4) is 0 Å². The summed E-state index contributed by atoms with van der Waals surface area (Å²) in [7, 11) is 0. The Morgan fingerprint density at radius 1 is 0.955 bits per heavy atom. The Kier molecular flexibility index (Phi) is 3.16. The van der Waals surface area contributed by atoms with Gasteiger partial charge in [0, 0.05) is 21.9 Å². The highest BCUT2D eigenvalue weighted by Crippen LogP contribution is 2.29. The van der Waals surface area contributed by atoms with E-state index in [9.17, 15) is 4.79 Å². The minimum absolute atomic E-state index is 0.322. The quantitative estimate of drug-likeness (QED) is 0.512. The van der Waals surface area contributed by atoms with E-state index in [4.69, 9.17) is 4.42 Å². The lowest BCUT2D eigenvalue weighted by Gasteiger charge is -2.04. The molecule has 4 aromatic rings. The normalized spacial score (nSPS) is 11.1. The highest BCUT2D eigenvalue weighted by molar-refractivity contribution is 7.99. The van der Waals surface area contributed by atoms with Gasteiger partial charge in [0.25, 0.3) is 0 Å². The van der Waals surface area contributed by atoms with E-state index in [1.54, 1.807) is 6.20 Å². The highest BCUT2D eigenvalue weighted by Gasteiger charge is 2.10. The van der Waals surface area contributed by atoms with E-state index in [-0.39, 0.29) is 5.63 Å². The molecule has 3 nitrogen and oxygen atoms in total. The second-order valence-corrected chi connectivity index (χ2v) is 5.99. The second-order valence-electron chi connectivity index (χ2n) is 4.87. The number of para-hydroxylation sites is 1. The number of fused-ring (bicyclic) bond motifs is 3. The molecule has 0 radical (unpaired) electrons. The summed E-state index contributed by atoms with van der Waals surface area (Å²) < 4.78 is 5.56. The molecule has 2 heterocycles. The summed E-state index contributed by atoms with van der Waals surface area (Å²) in [5.41, 5.74) is 1.09. The number of rotatable bonds is 2. The minimum atomic E-state index is -0.322. The molecule has 2 aromatic heterocycles. The van der Waals surface area contributed by atoms with Crippen LogP contribution < -0.4 is 5.63 Å². The van der Waals surface area contributed by atoms with Crippen LogP contribution in [0, 0.1) is 0 Å². The Morgan fingerprint density at radius 2 is 1.73 bits per heavy atom. The zero-order valence-corrected chi connectivity index (χ0v) is 12.3. The standard InChI is InChI=1S/C18H11NO2S/c20-18-16(22-13-6-2-1-3-7-13)10-12-11-19-15-9-5-4-8-14(15)17(12)21-18/h1-11H. The lowest BCUT2D eigenvalue weighted by Crippen LogP contribution is -2.01. The maximum Gasteiger partial charge on any atom is 0.350 e. The van der Waals surface area contributed by atoms with Crippen molar-refractivity contribution in [2.75, 3.05) is 0 Å². The van der Waals surface area contributed by atoms with E-state index >= 15 is 0 Å². The first-order valence-corrected chi connectivity index (χ1v) is 7.67. The molecule has 4 rings (SSSR count). The highest BCUT2D eigenvalue weighted by atomic mass is 32.2. The van der Waals surface area contributed by atoms with Gasteiger partial charge in [-0.2, -0.15) is 0 Å². The van der Waals surface area contributed by atoms with Crippen LogP contribution in [0.2, 0.25) is 0 Å². The van der Waals surface area contributed by atoms with Crippen LogP contribution in [0.3, 0.4) is 0 Å². The summed E-state index contributed by atoms with van der Waals surface area (Å²) in [5, 5.41) is 1.69. The third-order valence-electron chi connectivity index (χ3n) is 3.41. The van der Waals surface area contributed by atoms with Crippen LogP contribution in [-0.2, 0) is 0 Å². The minimum Gasteiger partial charge on any atom is -0.421 e. The van der Waals surface area contributed by atoms with Crippen molar-refractivity contribution < 1.29 is 4.42 Å². The van der Waals surface area contributed by atoms with Gasteiger partial charge in [-0.3, -0.25) is 4.98 Å². The van der Waals surface area contributed by atoms with E-state index in [1.165, 1.54) is 11.8 Å². The molecule has 0 atom stereocenters. The first kappa shape index (κ1) is 13.1. The van der Waals surface area contributed by atoms with Crippen LogP contribution >= 0.6 is 11.8 Å². The van der Waals surface area contributed by atoms with Crippen LogP contribution in [0.15, 0.2) is 85.9 Å². The van der Waals surface area contributed by atoms with Crippen molar-refractivity contribution in [2.45, 2.75) is 9.79 Å². The van der Waals surface area contributed by atoms with Gasteiger partial charge in [-0.15, -0.1) is 0 Å². The van der Waals surface area contributed by atoms with Crippen molar-refractivity contribution in [3.63, 3.8) is 0 Å². The Morgan fingerprint density at radius 3 is 2.59 bits per heavy atom. The van der Waals surface area contributed by atoms with E-state index in [0.717, 1.165) is 21.2 Å². The number of nitrogens with zero attached hydrogens (tertiary/aromatic N) is 1. The molecule has 4 heteroatoms. The zero-order chi connectivity index (χ0) is 14.9. The molecule has 0 fully saturated rings. The van der Waals surface area contributed by atoms with Gasteiger partial charge < -0.3 is 4.42 Å². The summed E-state index contributed by atoms with van der Waals surface area (Å²) in [6, 6.07) is 19.3. The van der Waals surface area contributed by atoms with Crippen LogP contribution in [0.1, 0.15) is 0 Å². The Balaban J connectivity index is 1.90. The molecule has 0 aliphatic rings. The smallest absolute Gasteiger partial charge is 0.350 e. The van der Waals surface area contributed by atoms with E-state index in [0.29, 0.717) is 10.5 Å². The molecule has 0 unspecified atom stereocenters. The molecular formula is C18H11NO2S. The zero-order valence-electron chi connectivity index (χ0n) is 11.5. The van der Waals surface area contributed by atoms with E-state index in [1.807, 2.05) is 60.7 Å². The SMILES string of the molecule is O=c1oc2c(cnc3ccccc32)cc1Sc1ccccc1. The number of benzene rings is 2. The molecular weight excluding hydrogens is 294 g/mol. The van der Waals surface area contributed by atoms with E-state index in [2.05, 4.69) is 4.98 Å². The number of pyridine rings is 1. The molecule has 2 aromatic carbocycles. The average Bonchev–Trinajstić information content (AvgIpc) is 2.57. The molecule has 0 spiro atoms. The lowest BCUT2D eigenvalue weighted by atomic mass is 10.1. The fourth-order valence-corrected chi connectivity index (χ4v) is 3.24. The van der Waals surface area contributed by atoms with Crippen LogP contribution in [0.25, 0.3) is 21.9 Å². The Bertz CT molecular complexity index is 1030. The van der Waals surface area contributed by atoms with Crippen LogP contribution in [-0.4, -0.2) is 4.98 Å². The first-order valence-electron chi connectivity index (χ1n) is 6.86. The van der Waals surface area contributed by atoms with Gasteiger partial charge >= 0.3 is 5.63 Å². The number of hydrogen-bond acceptors (Lipinski definition) is 4. The van der Waals surface area contributed by atoms with Gasteiger partial charge in [0.05, 0.1) is 10.4 Å². The fourth-order valence-electron chi connectivity index (χ4n) is 2.38. The summed E-state index contributed by atoms with van der Waals surface area (Å²) in [4.78, 5) is 18.3. The third kappa shape index (κ3) is 2.27. The predicted octanol–water partition coefficient (Wildman–Crippen LogP) is 4.49. The molecule has 106 valence electrons. The van der Waals surface area contributed by atoms with Crippen molar-refractivity contribution in [1.29, 1.82) is 0 Å². The second kappa shape index (κ2) is 5.31. The van der Waals surface area contributed by atoms with Crippen LogP contribution in [0.5, 0.6) is 0 Å². The van der Waals surface area contributed by atoms with Crippen LogP contribution in [0.4, 0.5) is 0 Å². The molecule has 0 amide bonds. The Hall–Kier alpha value is -2.59. The number of aromatic nitrogens is 1. The van der Waals surface area contributed by atoms with E-state index < -0.39 is 0 Å². The molecule has 0 N–H and O–H groups in total. The summed E-state index contributed by atoms with van der Waals surface area (Å²) >= 11 is 1.40. The molecule has 0 bridgehead atoms.